The third-order valence-corrected chi connectivity index (χ3v) is 3.13. The molecule has 0 fully saturated rings. The van der Waals surface area contributed by atoms with Crippen LogP contribution in [0, 0.1) is 10.1 Å². The average Bonchev–Trinajstić information content (AvgIpc) is 2.16. The van der Waals surface area contributed by atoms with E-state index in [0.717, 1.165) is 12.8 Å². The predicted octanol–water partition coefficient (Wildman–Crippen LogP) is 3.80. The van der Waals surface area contributed by atoms with Gasteiger partial charge in [0.25, 0.3) is 0 Å². The van der Waals surface area contributed by atoms with Crippen LogP contribution in [-0.4, -0.2) is 15.8 Å². The fraction of sp³-hybridized carbons (Fsp3) is 1.00. The molecule has 0 saturated heterocycles. The van der Waals surface area contributed by atoms with Crippen molar-refractivity contribution in [2.24, 2.45) is 0 Å². The molecule has 3 nitrogen and oxygen atoms in total. The van der Waals surface area contributed by atoms with Crippen LogP contribution in [0.1, 0.15) is 45.4 Å². The highest BCUT2D eigenvalue weighted by Crippen LogP contribution is 2.18. The van der Waals surface area contributed by atoms with Gasteiger partial charge in [-0.1, -0.05) is 39.0 Å². The minimum absolute atomic E-state index is 0.536. The number of halogens is 2. The summed E-state index contributed by atoms with van der Waals surface area (Å²) in [6, 6.07) is 0. The van der Waals surface area contributed by atoms with Crippen LogP contribution >= 0.6 is 23.2 Å². The van der Waals surface area contributed by atoms with E-state index in [-0.39, 0.29) is 0 Å². The molecular formula is C9H17Cl2NO2. The van der Waals surface area contributed by atoms with E-state index in [1.165, 1.54) is 19.3 Å². The minimum Gasteiger partial charge on any atom is -0.263 e. The average molecular weight is 242 g/mol. The Labute approximate surface area is 94.9 Å². The fourth-order valence-corrected chi connectivity index (χ4v) is 1.58. The second-order valence-electron chi connectivity index (χ2n) is 3.38. The van der Waals surface area contributed by atoms with E-state index in [0.29, 0.717) is 6.42 Å². The van der Waals surface area contributed by atoms with Crippen LogP contribution in [0.15, 0.2) is 0 Å². The number of nitrogens with zero attached hydrogens (tertiary/aromatic N) is 1. The predicted molar refractivity (Wildman–Crippen MR) is 59.7 cm³/mol. The maximum absolute atomic E-state index is 10.3. The normalized spacial score (nSPS) is 15.1. The van der Waals surface area contributed by atoms with Crippen LogP contribution in [0.3, 0.4) is 0 Å². The quantitative estimate of drug-likeness (QED) is 0.213. The summed E-state index contributed by atoms with van der Waals surface area (Å²) >= 11 is 11.2. The van der Waals surface area contributed by atoms with Crippen LogP contribution in [-0.2, 0) is 0 Å². The van der Waals surface area contributed by atoms with Gasteiger partial charge in [0.1, 0.15) is 5.38 Å². The highest BCUT2D eigenvalue weighted by molar-refractivity contribution is 6.29. The lowest BCUT2D eigenvalue weighted by atomic mass is 10.1. The van der Waals surface area contributed by atoms with E-state index < -0.39 is 15.8 Å². The zero-order chi connectivity index (χ0) is 11.0. The largest absolute Gasteiger partial charge is 0.302 e. The number of nitro groups is 1. The Morgan fingerprint density at radius 2 is 1.79 bits per heavy atom. The Hall–Kier alpha value is -0.0200. The van der Waals surface area contributed by atoms with E-state index in [1.54, 1.807) is 0 Å². The minimum atomic E-state index is -1.15. The van der Waals surface area contributed by atoms with Crippen molar-refractivity contribution in [1.82, 2.24) is 0 Å². The Bertz CT molecular complexity index is 167. The van der Waals surface area contributed by atoms with Gasteiger partial charge in [0.05, 0.1) is 0 Å². The molecule has 0 heterocycles. The molecule has 2 atom stereocenters. The van der Waals surface area contributed by atoms with Crippen molar-refractivity contribution in [3.05, 3.63) is 10.1 Å². The van der Waals surface area contributed by atoms with Crippen LogP contribution < -0.4 is 0 Å². The van der Waals surface area contributed by atoms with Crippen LogP contribution in [0.5, 0.6) is 0 Å². The van der Waals surface area contributed by atoms with Crippen LogP contribution in [0.2, 0.25) is 0 Å². The lowest BCUT2D eigenvalue weighted by Crippen LogP contribution is -2.23. The van der Waals surface area contributed by atoms with Gasteiger partial charge in [-0.05, 0) is 18.0 Å². The summed E-state index contributed by atoms with van der Waals surface area (Å²) in [5, 5.41) is 9.72. The maximum Gasteiger partial charge on any atom is 0.302 e. The molecule has 0 saturated carbocycles. The molecule has 0 aliphatic carbocycles. The third kappa shape index (κ3) is 6.44. The van der Waals surface area contributed by atoms with Crippen LogP contribution in [0.25, 0.3) is 0 Å². The van der Waals surface area contributed by atoms with Crippen LogP contribution in [0.4, 0.5) is 0 Å². The van der Waals surface area contributed by atoms with Crippen molar-refractivity contribution < 1.29 is 4.92 Å². The molecule has 0 amide bonds. The number of hydrogen-bond acceptors (Lipinski definition) is 2. The molecule has 0 N–H and O–H groups in total. The summed E-state index contributed by atoms with van der Waals surface area (Å²) in [5.41, 5.74) is -1.15. The maximum atomic E-state index is 10.3. The number of hydrogen-bond donors (Lipinski definition) is 0. The van der Waals surface area contributed by atoms with E-state index in [2.05, 4.69) is 6.92 Å². The number of unbranched alkanes of at least 4 members (excludes halogenated alkanes) is 4. The van der Waals surface area contributed by atoms with Gasteiger partial charge < -0.3 is 0 Å². The molecule has 0 spiro atoms. The second kappa shape index (κ2) is 8.30. The van der Waals surface area contributed by atoms with Crippen molar-refractivity contribution in [3.8, 4) is 0 Å². The Kier molecular flexibility index (Phi) is 8.29. The first-order chi connectivity index (χ1) is 6.59. The standard InChI is InChI=1S/C9H17Cl2NO2/c1-2-3-4-5-6-7-8(10)9(11)12(13)14/h8-9H,2-7H2,1H3. The molecule has 2 unspecified atom stereocenters. The fourth-order valence-electron chi connectivity index (χ4n) is 1.21. The molecule has 0 rings (SSSR count). The lowest BCUT2D eigenvalue weighted by Gasteiger charge is -2.08. The highest BCUT2D eigenvalue weighted by Gasteiger charge is 2.25. The summed E-state index contributed by atoms with van der Waals surface area (Å²) in [4.78, 5) is 9.73. The molecule has 0 aromatic carbocycles. The van der Waals surface area contributed by atoms with Gasteiger partial charge in [0, 0.05) is 4.92 Å². The first-order valence-electron chi connectivity index (χ1n) is 5.01. The SMILES string of the molecule is CCCCCCCC(Cl)C(Cl)[N+](=O)[O-]. The van der Waals surface area contributed by atoms with Crippen molar-refractivity contribution >= 4 is 23.2 Å². The molecule has 14 heavy (non-hydrogen) atoms. The van der Waals surface area contributed by atoms with Gasteiger partial charge in [-0.2, -0.15) is 0 Å². The second-order valence-corrected chi connectivity index (χ2v) is 4.38. The van der Waals surface area contributed by atoms with E-state index in [4.69, 9.17) is 23.2 Å². The van der Waals surface area contributed by atoms with Gasteiger partial charge in [0.15, 0.2) is 0 Å². The molecule has 0 aromatic rings. The Morgan fingerprint density at radius 3 is 2.29 bits per heavy atom. The Balaban J connectivity index is 3.43. The summed E-state index contributed by atoms with van der Waals surface area (Å²) in [7, 11) is 0. The first-order valence-corrected chi connectivity index (χ1v) is 5.88. The highest BCUT2D eigenvalue weighted by atomic mass is 35.5. The third-order valence-electron chi connectivity index (χ3n) is 2.08. The molecule has 0 aliphatic rings. The van der Waals surface area contributed by atoms with Gasteiger partial charge in [-0.3, -0.25) is 10.1 Å². The topological polar surface area (TPSA) is 43.1 Å². The van der Waals surface area contributed by atoms with Gasteiger partial charge in [-0.25, -0.2) is 0 Å². The molecule has 5 heteroatoms. The zero-order valence-corrected chi connectivity index (χ0v) is 9.93. The molecule has 0 aromatic heterocycles. The monoisotopic (exact) mass is 241 g/mol. The van der Waals surface area contributed by atoms with Crippen molar-refractivity contribution in [3.63, 3.8) is 0 Å². The molecule has 0 bridgehead atoms. The van der Waals surface area contributed by atoms with E-state index in [9.17, 15) is 10.1 Å². The van der Waals surface area contributed by atoms with E-state index >= 15 is 0 Å². The van der Waals surface area contributed by atoms with E-state index in [1.807, 2.05) is 0 Å². The summed E-state index contributed by atoms with van der Waals surface area (Å²) in [6.07, 6.45) is 6.21. The summed E-state index contributed by atoms with van der Waals surface area (Å²) < 4.78 is 0. The van der Waals surface area contributed by atoms with Crippen molar-refractivity contribution in [1.29, 1.82) is 0 Å². The van der Waals surface area contributed by atoms with Crippen molar-refractivity contribution in [2.45, 2.75) is 56.3 Å². The molecule has 0 radical (unpaired) electrons. The zero-order valence-electron chi connectivity index (χ0n) is 8.42. The first kappa shape index (κ1) is 14.0. The number of rotatable bonds is 8. The van der Waals surface area contributed by atoms with Gasteiger partial charge in [0.2, 0.25) is 0 Å². The van der Waals surface area contributed by atoms with Gasteiger partial charge >= 0.3 is 5.50 Å². The Morgan fingerprint density at radius 1 is 1.21 bits per heavy atom. The lowest BCUT2D eigenvalue weighted by molar-refractivity contribution is -0.498. The summed E-state index contributed by atoms with van der Waals surface area (Å²) in [6.45, 7) is 2.14. The molecule has 0 aliphatic heterocycles. The smallest absolute Gasteiger partial charge is 0.263 e. The van der Waals surface area contributed by atoms with Crippen molar-refractivity contribution in [2.75, 3.05) is 0 Å². The summed E-state index contributed by atoms with van der Waals surface area (Å²) in [5.74, 6) is 0. The molecular weight excluding hydrogens is 225 g/mol. The number of alkyl halides is 2. The van der Waals surface area contributed by atoms with Gasteiger partial charge in [-0.15, -0.1) is 11.6 Å². The molecule has 84 valence electrons.